The fourth-order valence-corrected chi connectivity index (χ4v) is 5.03. The number of hydrogen-bond acceptors (Lipinski definition) is 5. The molecule has 1 saturated heterocycles. The van der Waals surface area contributed by atoms with Crippen molar-refractivity contribution in [1.29, 1.82) is 0 Å². The second-order valence-electron chi connectivity index (χ2n) is 10.2. The smallest absolute Gasteiger partial charge is 0.325 e. The summed E-state index contributed by atoms with van der Waals surface area (Å²) in [5, 5.41) is 3.05. The average Bonchev–Trinajstić information content (AvgIpc) is 3.57. The van der Waals surface area contributed by atoms with Crippen LogP contribution in [0, 0.1) is 5.82 Å². The fraction of sp³-hybridized carbons (Fsp3) is 0.226. The number of nitrogens with zero attached hydrogens (tertiary/aromatic N) is 3. The lowest BCUT2D eigenvalue weighted by atomic mass is 9.91. The van der Waals surface area contributed by atoms with Gasteiger partial charge in [0.25, 0.3) is 11.8 Å². The van der Waals surface area contributed by atoms with E-state index >= 15 is 0 Å². The maximum absolute atomic E-state index is 14.7. The molecule has 9 nitrogen and oxygen atoms in total. The highest BCUT2D eigenvalue weighted by molar-refractivity contribution is 6.30. The van der Waals surface area contributed by atoms with Crippen LogP contribution in [0.4, 0.5) is 9.18 Å². The quantitative estimate of drug-likeness (QED) is 0.252. The largest absolute Gasteiger partial charge is 0.484 e. The number of likely N-dealkylation sites (N-methyl/N-ethyl adjacent to an activating group) is 1. The van der Waals surface area contributed by atoms with Crippen molar-refractivity contribution >= 4 is 29.4 Å². The van der Waals surface area contributed by atoms with Crippen molar-refractivity contribution < 1.29 is 23.5 Å². The molecule has 0 unspecified atom stereocenters. The average molecular weight is 590 g/mol. The van der Waals surface area contributed by atoms with E-state index in [0.717, 1.165) is 5.56 Å². The summed E-state index contributed by atoms with van der Waals surface area (Å²) in [5.41, 5.74) is 2.08. The number of nitrogens with one attached hydrogen (secondary N) is 2. The van der Waals surface area contributed by atoms with E-state index in [-0.39, 0.29) is 29.0 Å². The zero-order valence-corrected chi connectivity index (χ0v) is 23.9. The number of aromatic nitrogens is 2. The number of ether oxygens (including phenoxy) is 1. The molecule has 1 fully saturated rings. The predicted octanol–water partition coefficient (Wildman–Crippen LogP) is 5.47. The topological polar surface area (TPSA) is 108 Å². The molecule has 3 atom stereocenters. The summed E-state index contributed by atoms with van der Waals surface area (Å²) in [6, 6.07) is 18.1. The Hall–Kier alpha value is -4.70. The SMILES string of the molecule is C[C@@H](c1ccccc1)[C@@H](c1ncc(-c2ccc(Cl)cc2F)[nH]1)N1C(=O)N[C@H](c2ccc(OCC(=O)N(C)C)cc2)C1=O. The molecule has 2 N–H and O–H groups in total. The maximum atomic E-state index is 14.7. The molecule has 3 aromatic carbocycles. The normalized spacial score (nSPS) is 16.2. The van der Waals surface area contributed by atoms with Crippen molar-refractivity contribution in [2.45, 2.75) is 24.9 Å². The van der Waals surface area contributed by atoms with Crippen LogP contribution in [0.5, 0.6) is 5.75 Å². The number of carbonyl (C=O) groups excluding carboxylic acids is 3. The number of halogens is 2. The third-order valence-corrected chi connectivity index (χ3v) is 7.45. The number of imidazole rings is 1. The molecule has 5 rings (SSSR count). The van der Waals surface area contributed by atoms with Gasteiger partial charge in [0.15, 0.2) is 6.61 Å². The van der Waals surface area contributed by atoms with Crippen LogP contribution in [0.2, 0.25) is 5.02 Å². The third-order valence-electron chi connectivity index (χ3n) is 7.22. The molecule has 0 spiro atoms. The summed E-state index contributed by atoms with van der Waals surface area (Å²) < 4.78 is 20.2. The Labute approximate surface area is 247 Å². The molecule has 2 heterocycles. The molecule has 11 heteroatoms. The molecule has 0 radical (unpaired) electrons. The molecule has 1 aliphatic heterocycles. The monoisotopic (exact) mass is 589 g/mol. The lowest BCUT2D eigenvalue weighted by Crippen LogP contribution is -2.38. The minimum absolute atomic E-state index is 0.122. The van der Waals surface area contributed by atoms with E-state index in [0.29, 0.717) is 22.8 Å². The van der Waals surface area contributed by atoms with E-state index in [1.54, 1.807) is 44.4 Å². The highest BCUT2D eigenvalue weighted by Gasteiger charge is 2.46. The van der Waals surface area contributed by atoms with Crippen molar-refractivity contribution in [1.82, 2.24) is 25.1 Å². The van der Waals surface area contributed by atoms with Crippen LogP contribution in [0.1, 0.15) is 41.9 Å². The highest BCUT2D eigenvalue weighted by Crippen LogP contribution is 2.39. The maximum Gasteiger partial charge on any atom is 0.325 e. The predicted molar refractivity (Wildman–Crippen MR) is 155 cm³/mol. The zero-order chi connectivity index (χ0) is 30.0. The highest BCUT2D eigenvalue weighted by atomic mass is 35.5. The van der Waals surface area contributed by atoms with Crippen LogP contribution in [-0.4, -0.2) is 58.3 Å². The van der Waals surface area contributed by atoms with E-state index in [1.165, 1.54) is 28.1 Å². The van der Waals surface area contributed by atoms with Crippen LogP contribution in [-0.2, 0) is 9.59 Å². The van der Waals surface area contributed by atoms with Crippen LogP contribution in [0.3, 0.4) is 0 Å². The zero-order valence-electron chi connectivity index (χ0n) is 23.2. The molecule has 0 bridgehead atoms. The minimum Gasteiger partial charge on any atom is -0.484 e. The van der Waals surface area contributed by atoms with Gasteiger partial charge in [0.05, 0.1) is 11.9 Å². The number of benzene rings is 3. The molecule has 1 aliphatic rings. The molecule has 42 heavy (non-hydrogen) atoms. The number of aromatic amines is 1. The number of amides is 4. The minimum atomic E-state index is -0.941. The van der Waals surface area contributed by atoms with Gasteiger partial charge in [-0.15, -0.1) is 0 Å². The van der Waals surface area contributed by atoms with E-state index in [9.17, 15) is 18.8 Å². The Morgan fingerprint density at radius 3 is 2.48 bits per heavy atom. The first kappa shape index (κ1) is 28.8. The molecular weight excluding hydrogens is 561 g/mol. The van der Waals surface area contributed by atoms with Gasteiger partial charge in [-0.2, -0.15) is 0 Å². The van der Waals surface area contributed by atoms with E-state index in [4.69, 9.17) is 16.3 Å². The number of imide groups is 1. The van der Waals surface area contributed by atoms with Crippen LogP contribution in [0.15, 0.2) is 79.0 Å². The van der Waals surface area contributed by atoms with Gasteiger partial charge in [0.2, 0.25) is 0 Å². The summed E-state index contributed by atoms with van der Waals surface area (Å²) in [6.07, 6.45) is 1.47. The third kappa shape index (κ3) is 5.84. The van der Waals surface area contributed by atoms with Gasteiger partial charge < -0.3 is 19.9 Å². The Bertz CT molecular complexity index is 1610. The molecule has 4 aromatic rings. The van der Waals surface area contributed by atoms with Crippen molar-refractivity contribution in [3.8, 4) is 17.0 Å². The van der Waals surface area contributed by atoms with E-state index in [2.05, 4.69) is 15.3 Å². The van der Waals surface area contributed by atoms with Gasteiger partial charge in [-0.25, -0.2) is 14.2 Å². The second kappa shape index (κ2) is 12.0. The number of urea groups is 1. The first-order valence-corrected chi connectivity index (χ1v) is 13.6. The number of carbonyl (C=O) groups is 3. The summed E-state index contributed by atoms with van der Waals surface area (Å²) in [7, 11) is 3.28. The van der Waals surface area contributed by atoms with Crippen LogP contribution in [0.25, 0.3) is 11.3 Å². The number of hydrogen-bond donors (Lipinski definition) is 2. The fourth-order valence-electron chi connectivity index (χ4n) is 4.87. The van der Waals surface area contributed by atoms with Gasteiger partial charge in [-0.1, -0.05) is 61.0 Å². The Balaban J connectivity index is 1.45. The number of H-pyrrole nitrogens is 1. The van der Waals surface area contributed by atoms with E-state index < -0.39 is 29.8 Å². The molecule has 0 aliphatic carbocycles. The van der Waals surface area contributed by atoms with E-state index in [1.807, 2.05) is 37.3 Å². The molecule has 0 saturated carbocycles. The molecule has 1 aromatic heterocycles. The molecular formula is C31H29ClFN5O4. The summed E-state index contributed by atoms with van der Waals surface area (Å²) in [6.45, 7) is 1.78. The summed E-state index contributed by atoms with van der Waals surface area (Å²) in [4.78, 5) is 49.3. The van der Waals surface area contributed by atoms with Crippen molar-refractivity contribution in [3.63, 3.8) is 0 Å². The second-order valence-corrected chi connectivity index (χ2v) is 10.6. The Morgan fingerprint density at radius 2 is 1.81 bits per heavy atom. The van der Waals surface area contributed by atoms with Gasteiger partial charge in [0.1, 0.15) is 29.5 Å². The van der Waals surface area contributed by atoms with Gasteiger partial charge in [0, 0.05) is 30.6 Å². The summed E-state index contributed by atoms with van der Waals surface area (Å²) >= 11 is 5.92. The standard InChI is InChI=1S/C31H29ClFN5O4/c1-18(19-7-5-4-6-8-19)28(29-34-16-25(35-29)23-14-11-21(32)15-24(23)33)38-30(40)27(36-31(38)41)20-9-12-22(13-10-20)42-17-26(39)37(2)3/h4-16,18,27-28H,17H2,1-3H3,(H,34,35)(H,36,41)/t18-,27+,28-/m0/s1. The van der Waals surface area contributed by atoms with Crippen LogP contribution < -0.4 is 10.1 Å². The lowest BCUT2D eigenvalue weighted by molar-refractivity contribution is -0.131. The first-order valence-electron chi connectivity index (χ1n) is 13.3. The lowest BCUT2D eigenvalue weighted by Gasteiger charge is -2.29. The summed E-state index contributed by atoms with van der Waals surface area (Å²) in [5.74, 6) is -0.756. The first-order chi connectivity index (χ1) is 20.1. The number of rotatable bonds is 9. The Morgan fingerprint density at radius 1 is 1.10 bits per heavy atom. The van der Waals surface area contributed by atoms with Gasteiger partial charge in [-0.05, 0) is 41.5 Å². The van der Waals surface area contributed by atoms with Gasteiger partial charge in [-0.3, -0.25) is 14.5 Å². The van der Waals surface area contributed by atoms with Gasteiger partial charge >= 0.3 is 6.03 Å². The van der Waals surface area contributed by atoms with Crippen molar-refractivity contribution in [2.24, 2.45) is 0 Å². The molecule has 216 valence electrons. The van der Waals surface area contributed by atoms with Crippen molar-refractivity contribution in [3.05, 3.63) is 107 Å². The Kier molecular flexibility index (Phi) is 8.26. The van der Waals surface area contributed by atoms with Crippen LogP contribution >= 0.6 is 11.6 Å². The van der Waals surface area contributed by atoms with Crippen molar-refractivity contribution in [2.75, 3.05) is 20.7 Å². The molecule has 4 amide bonds.